The Morgan fingerprint density at radius 1 is 1.24 bits per heavy atom. The second-order valence-electron chi connectivity index (χ2n) is 7.67. The Bertz CT molecular complexity index is 1470. The number of hydrogen-bond acceptors (Lipinski definition) is 9. The fourth-order valence-electron chi connectivity index (χ4n) is 3.18. The molecule has 1 atom stereocenters. The molecule has 0 aliphatic rings. The smallest absolute Gasteiger partial charge is 0.328 e. The average Bonchev–Trinajstić information content (AvgIpc) is 3.31. The van der Waals surface area contributed by atoms with Crippen LogP contribution >= 0.6 is 34.5 Å². The van der Waals surface area contributed by atoms with E-state index >= 15 is 0 Å². The van der Waals surface area contributed by atoms with Crippen molar-refractivity contribution >= 4 is 62.8 Å². The van der Waals surface area contributed by atoms with Crippen molar-refractivity contribution in [1.82, 2.24) is 24.6 Å². The molecule has 1 aromatic carbocycles. The number of halogens is 2. The number of H-pyrrole nitrogens is 1. The molecule has 13 nitrogen and oxygen atoms in total. The molecule has 0 saturated heterocycles. The predicted molar refractivity (Wildman–Crippen MR) is 143 cm³/mol. The van der Waals surface area contributed by atoms with Crippen LogP contribution in [0.25, 0.3) is 10.6 Å². The van der Waals surface area contributed by atoms with Crippen LogP contribution in [0, 0.1) is 6.92 Å². The number of rotatable bonds is 11. The molecule has 0 spiro atoms. The fraction of sp³-hybridized carbons (Fsp3) is 0.333. The van der Waals surface area contributed by atoms with E-state index in [0.717, 1.165) is 25.1 Å². The molecule has 0 bridgehead atoms. The number of nitrogens with zero attached hydrogens (tertiary/aromatic N) is 5. The van der Waals surface area contributed by atoms with Gasteiger partial charge in [-0.3, -0.25) is 28.5 Å². The first-order valence-corrected chi connectivity index (χ1v) is 13.5. The molecule has 0 fully saturated rings. The van der Waals surface area contributed by atoms with Gasteiger partial charge >= 0.3 is 11.7 Å². The monoisotopic (exact) mass is 604 g/mol. The van der Waals surface area contributed by atoms with Crippen molar-refractivity contribution in [2.75, 3.05) is 30.5 Å². The summed E-state index contributed by atoms with van der Waals surface area (Å²) < 4.78 is 28.9. The second kappa shape index (κ2) is 13.1. The number of nitrogens with one attached hydrogen (secondary N) is 1. The van der Waals surface area contributed by atoms with Gasteiger partial charge in [-0.1, -0.05) is 34.5 Å². The van der Waals surface area contributed by atoms with Gasteiger partial charge in [0.15, 0.2) is 5.01 Å². The van der Waals surface area contributed by atoms with Crippen LogP contribution in [0.2, 0.25) is 10.0 Å². The molecule has 0 radical (unpaired) electrons. The summed E-state index contributed by atoms with van der Waals surface area (Å²) in [5, 5.41) is 9.15. The zero-order chi connectivity index (χ0) is 28.0. The zero-order valence-electron chi connectivity index (χ0n) is 20.1. The maximum Gasteiger partial charge on any atom is 0.328 e. The van der Waals surface area contributed by atoms with Crippen LogP contribution in [0.3, 0.4) is 0 Å². The van der Waals surface area contributed by atoms with E-state index in [1.54, 1.807) is 19.1 Å². The molecule has 17 heteroatoms. The van der Waals surface area contributed by atoms with Crippen LogP contribution in [0.1, 0.15) is 12.5 Å². The van der Waals surface area contributed by atoms with Crippen molar-refractivity contribution in [2.45, 2.75) is 20.4 Å². The number of anilines is 1. The number of aryl methyl sites for hydroxylation is 1. The lowest BCUT2D eigenvalue weighted by molar-refractivity contribution is -0.149. The van der Waals surface area contributed by atoms with Crippen LogP contribution in [0.5, 0.6) is 0 Å². The minimum Gasteiger partial charge on any atom is -0.465 e. The molecule has 1 unspecified atom stereocenters. The molecule has 0 aliphatic carbocycles. The number of hydrogen-bond donors (Lipinski definition) is 2. The number of benzene rings is 1. The minimum absolute atomic E-state index is 0.0582. The summed E-state index contributed by atoms with van der Waals surface area (Å²) in [5.41, 5.74) is -0.655. The summed E-state index contributed by atoms with van der Waals surface area (Å²) in [6, 6.07) is 4.77. The lowest BCUT2D eigenvalue weighted by Gasteiger charge is -2.25. The Hall–Kier alpha value is -3.11. The first-order chi connectivity index (χ1) is 18.0. The van der Waals surface area contributed by atoms with Gasteiger partial charge in [0, 0.05) is 28.9 Å². The summed E-state index contributed by atoms with van der Waals surface area (Å²) in [7, 11) is 0. The normalized spacial score (nSPS) is 11.7. The summed E-state index contributed by atoms with van der Waals surface area (Å²) in [6.45, 7) is 1.75. The van der Waals surface area contributed by atoms with Gasteiger partial charge < -0.3 is 9.64 Å². The van der Waals surface area contributed by atoms with Crippen molar-refractivity contribution in [1.29, 1.82) is 0 Å². The first-order valence-electron chi connectivity index (χ1n) is 10.9. The lowest BCUT2D eigenvalue weighted by Crippen LogP contribution is -2.45. The second-order valence-corrected chi connectivity index (χ2v) is 10.4. The topological polar surface area (TPSA) is 168 Å². The molecular weight excluding hydrogens is 583 g/mol. The fourth-order valence-corrected chi connectivity index (χ4v) is 5.26. The van der Waals surface area contributed by atoms with Crippen LogP contribution in [0.15, 0.2) is 34.0 Å². The van der Waals surface area contributed by atoms with Gasteiger partial charge in [-0.25, -0.2) is 13.3 Å². The molecular formula is C21H22Cl2N6O7S2. The van der Waals surface area contributed by atoms with Gasteiger partial charge in [-0.15, -0.1) is 10.2 Å². The quantitative estimate of drug-likeness (QED) is 0.244. The van der Waals surface area contributed by atoms with Crippen molar-refractivity contribution in [3.05, 3.63) is 60.8 Å². The van der Waals surface area contributed by atoms with Gasteiger partial charge in [0.05, 0.1) is 18.2 Å². The third kappa shape index (κ3) is 7.48. The van der Waals surface area contributed by atoms with Gasteiger partial charge in [-0.05, 0) is 32.0 Å². The number of esters is 1. The molecule has 3 aromatic rings. The number of amides is 1. The van der Waals surface area contributed by atoms with E-state index in [1.807, 2.05) is 0 Å². The van der Waals surface area contributed by atoms with Gasteiger partial charge in [0.1, 0.15) is 13.1 Å². The van der Waals surface area contributed by atoms with Crippen molar-refractivity contribution in [2.24, 2.45) is 0 Å². The number of aromatic nitrogens is 4. The maximum absolute atomic E-state index is 13.0. The van der Waals surface area contributed by atoms with Crippen LogP contribution in [0.4, 0.5) is 5.13 Å². The van der Waals surface area contributed by atoms with E-state index < -0.39 is 47.5 Å². The molecule has 0 aliphatic heterocycles. The lowest BCUT2D eigenvalue weighted by atomic mass is 10.2. The van der Waals surface area contributed by atoms with E-state index in [2.05, 4.69) is 15.2 Å². The summed E-state index contributed by atoms with van der Waals surface area (Å²) in [6.07, 6.45) is 1.22. The van der Waals surface area contributed by atoms with E-state index in [0.29, 0.717) is 20.6 Å². The number of ether oxygens (including phenoxy) is 1. The van der Waals surface area contributed by atoms with Gasteiger partial charge in [0.25, 0.3) is 16.8 Å². The number of aromatic amines is 1. The first kappa shape index (κ1) is 29.4. The molecule has 3 rings (SSSR count). The molecule has 0 saturated carbocycles. The Balaban J connectivity index is 1.81. The molecule has 2 aromatic heterocycles. The Labute approximate surface area is 232 Å². The number of carbonyl (C=O) groups is 2. The van der Waals surface area contributed by atoms with E-state index in [4.69, 9.17) is 27.9 Å². The predicted octanol–water partition coefficient (Wildman–Crippen LogP) is 1.71. The largest absolute Gasteiger partial charge is 0.465 e. The standard InChI is InChI=1S/C21H22Cl2N6O7S2/c1-3-36-17(31)11-27(16(30)10-28-9-12(2)18(32)24-20(28)33)6-7-29(38(34)35)21-26-25-19(37-21)14-5-4-13(22)8-15(14)23/h4-5,8-9H,3,6-7,10-11H2,1-2H3,(H,34,35)(H,24,32,33). The van der Waals surface area contributed by atoms with Crippen molar-refractivity contribution in [3.63, 3.8) is 0 Å². The van der Waals surface area contributed by atoms with Crippen LogP contribution in [-0.4, -0.2) is 71.5 Å². The highest BCUT2D eigenvalue weighted by molar-refractivity contribution is 7.81. The van der Waals surface area contributed by atoms with E-state index in [-0.39, 0.29) is 30.4 Å². The Kier molecular flexibility index (Phi) is 10.2. The highest BCUT2D eigenvalue weighted by Crippen LogP contribution is 2.34. The van der Waals surface area contributed by atoms with E-state index in [1.165, 1.54) is 19.2 Å². The number of carbonyl (C=O) groups excluding carboxylic acids is 2. The van der Waals surface area contributed by atoms with E-state index in [9.17, 15) is 27.9 Å². The van der Waals surface area contributed by atoms with Crippen LogP contribution < -0.4 is 15.6 Å². The van der Waals surface area contributed by atoms with Crippen molar-refractivity contribution < 1.29 is 23.1 Å². The molecule has 204 valence electrons. The van der Waals surface area contributed by atoms with Gasteiger partial charge in [-0.2, -0.15) is 0 Å². The third-order valence-electron chi connectivity index (χ3n) is 5.02. The molecule has 2 heterocycles. The summed E-state index contributed by atoms with van der Waals surface area (Å²) >= 11 is 10.6. The molecule has 38 heavy (non-hydrogen) atoms. The average molecular weight is 605 g/mol. The third-order valence-corrected chi connectivity index (χ3v) is 7.40. The summed E-state index contributed by atoms with van der Waals surface area (Å²) in [5.74, 6) is -1.38. The SMILES string of the molecule is CCOC(=O)CN(CCN(c1nnc(-c2ccc(Cl)cc2Cl)s1)S(=O)O)C(=O)Cn1cc(C)c(=O)[nH]c1=O. The van der Waals surface area contributed by atoms with Gasteiger partial charge in [0.2, 0.25) is 11.0 Å². The highest BCUT2D eigenvalue weighted by Gasteiger charge is 2.24. The summed E-state index contributed by atoms with van der Waals surface area (Å²) in [4.78, 5) is 52.1. The van der Waals surface area contributed by atoms with Crippen LogP contribution in [-0.2, 0) is 32.1 Å². The molecule has 2 N–H and O–H groups in total. The molecule has 1 amide bonds. The minimum atomic E-state index is -2.56. The zero-order valence-corrected chi connectivity index (χ0v) is 23.2. The maximum atomic E-state index is 13.0. The Morgan fingerprint density at radius 3 is 2.63 bits per heavy atom. The Morgan fingerprint density at radius 2 is 1.97 bits per heavy atom. The highest BCUT2D eigenvalue weighted by atomic mass is 35.5. The van der Waals surface area contributed by atoms with Crippen molar-refractivity contribution in [3.8, 4) is 10.6 Å².